The van der Waals surface area contributed by atoms with Gasteiger partial charge in [0.2, 0.25) is 0 Å². The summed E-state index contributed by atoms with van der Waals surface area (Å²) in [5.74, 6) is 0.743. The summed E-state index contributed by atoms with van der Waals surface area (Å²) in [6.07, 6.45) is 7.41. The van der Waals surface area contributed by atoms with E-state index < -0.39 is 22.5 Å². The van der Waals surface area contributed by atoms with Gasteiger partial charge in [0.1, 0.15) is 11.7 Å². The van der Waals surface area contributed by atoms with Crippen LogP contribution in [0.3, 0.4) is 0 Å². The number of carbonyl (C=O) groups is 3. The minimum atomic E-state index is -0.982. The summed E-state index contributed by atoms with van der Waals surface area (Å²) in [5.41, 5.74) is 1.16. The largest absolute Gasteiger partial charge is 0.462 e. The second kappa shape index (κ2) is 16.9. The molecule has 1 N–H and O–H groups in total. The first-order valence-electron chi connectivity index (χ1n) is 23.6. The van der Waals surface area contributed by atoms with Crippen LogP contribution >= 0.6 is 11.6 Å². The lowest BCUT2D eigenvalue weighted by atomic mass is 9.33. The van der Waals surface area contributed by atoms with Crippen LogP contribution in [0.1, 0.15) is 153 Å². The molecule has 8 nitrogen and oxygen atoms in total. The van der Waals surface area contributed by atoms with E-state index in [-0.39, 0.29) is 63.7 Å². The van der Waals surface area contributed by atoms with Crippen LogP contribution in [-0.4, -0.2) is 84.2 Å². The Labute approximate surface area is 374 Å². The number of aliphatic hydroxyl groups is 1. The van der Waals surface area contributed by atoms with Crippen LogP contribution in [0.2, 0.25) is 5.02 Å². The average molecular weight is 866 g/mol. The van der Waals surface area contributed by atoms with Gasteiger partial charge in [-0.05, 0) is 163 Å². The highest BCUT2D eigenvalue weighted by molar-refractivity contribution is 6.30. The fraction of sp³-hybridized carbons (Fsp3) is 0.788. The molecule has 1 aromatic rings. The second-order valence-electron chi connectivity index (χ2n) is 23.9. The first-order chi connectivity index (χ1) is 28.1. The molecular formula is C52H81ClN2O6. The number of halogens is 1. The predicted molar refractivity (Wildman–Crippen MR) is 245 cm³/mol. The lowest BCUT2D eigenvalue weighted by Crippen LogP contribution is -2.66. The summed E-state index contributed by atoms with van der Waals surface area (Å²) < 4.78 is 12.0. The van der Waals surface area contributed by atoms with Crippen LogP contribution < -0.4 is 0 Å². The van der Waals surface area contributed by atoms with Gasteiger partial charge in [0.15, 0.2) is 5.78 Å². The number of hydrogen-bond donors (Lipinski definition) is 1. The third-order valence-corrected chi connectivity index (χ3v) is 17.7. The van der Waals surface area contributed by atoms with E-state index in [0.29, 0.717) is 36.4 Å². The minimum Gasteiger partial charge on any atom is -0.462 e. The number of hydrogen-bond acceptors (Lipinski definition) is 8. The molecule has 0 unspecified atom stereocenters. The Morgan fingerprint density at radius 2 is 1.52 bits per heavy atom. The number of aliphatic hydroxyl groups excluding tert-OH is 1. The first-order valence-corrected chi connectivity index (χ1v) is 24.0. The maximum atomic E-state index is 14.4. The second-order valence-corrected chi connectivity index (χ2v) is 24.4. The van der Waals surface area contributed by atoms with Crippen LogP contribution in [-0.2, 0) is 30.4 Å². The molecule has 0 radical (unpaired) electrons. The van der Waals surface area contributed by atoms with Crippen LogP contribution in [0, 0.1) is 56.2 Å². The van der Waals surface area contributed by atoms with E-state index in [1.54, 1.807) is 13.8 Å². The number of ketones is 1. The molecule has 0 saturated heterocycles. The summed E-state index contributed by atoms with van der Waals surface area (Å²) in [7, 11) is 4.18. The summed E-state index contributed by atoms with van der Waals surface area (Å²) in [6, 6.07) is 8.03. The van der Waals surface area contributed by atoms with Gasteiger partial charge in [0.05, 0.1) is 17.9 Å². The lowest BCUT2D eigenvalue weighted by molar-refractivity contribution is -0.235. The van der Waals surface area contributed by atoms with Crippen molar-refractivity contribution in [3.05, 3.63) is 46.0 Å². The van der Waals surface area contributed by atoms with Gasteiger partial charge in [0, 0.05) is 48.5 Å². The molecule has 5 aliphatic rings. The minimum absolute atomic E-state index is 0.0137. The zero-order chi connectivity index (χ0) is 45.3. The maximum Gasteiger partial charge on any atom is 0.312 e. The Kier molecular flexibility index (Phi) is 13.4. The standard InChI is InChI=1S/C52H81ClN2O6/c1-33(2)43-37(56)29-52(40(57)32-55(28-27-54(13)14)31-34-15-17-35(53)18-16-34)26-25-50(11)36(44(43)52)19-20-39-49(10)23-22-41(48(8,9)38(49)21-24-51(39,50)12)60-42(58)30-47(6,7)45(59)61-46(3,4)5/h15-18,33,36,38-41,57H,19-32H2,1-14H3/t36-,38+,39-,40+,41+,49+,50-,51-,52+/m1/s1. The molecule has 0 bridgehead atoms. The Balaban J connectivity index is 1.25. The quantitative estimate of drug-likeness (QED) is 0.196. The first kappa shape index (κ1) is 48.2. The molecule has 9 atom stereocenters. The number of nitrogens with zero attached hydrogens (tertiary/aromatic N) is 2. The number of fused-ring (bicyclic) bond motifs is 7. The zero-order valence-corrected chi connectivity index (χ0v) is 41.2. The molecule has 4 saturated carbocycles. The van der Waals surface area contributed by atoms with Gasteiger partial charge in [-0.15, -0.1) is 0 Å². The number of likely N-dealkylation sites (N-methyl/N-ethyl adjacent to an activating group) is 1. The van der Waals surface area contributed by atoms with Crippen molar-refractivity contribution in [3.8, 4) is 0 Å². The Hall–Kier alpha value is -2.26. The fourth-order valence-corrected chi connectivity index (χ4v) is 14.3. The van der Waals surface area contributed by atoms with Crippen molar-refractivity contribution in [2.75, 3.05) is 33.7 Å². The SMILES string of the molecule is CC(C)C1=C2[C@H]3CC[C@@H]4[C@@]5(C)CC[C@H](OC(=O)CC(C)(C)C(=O)OC(C)(C)C)C(C)(C)[C@@H]5CC[C@@]4(C)[C@]3(C)CC[C@@]2([C@@H](O)CN(CCN(C)C)Cc2ccc(Cl)cc2)CC1=O. The Morgan fingerprint density at radius 3 is 2.13 bits per heavy atom. The summed E-state index contributed by atoms with van der Waals surface area (Å²) in [5, 5.41) is 13.5. The lowest BCUT2D eigenvalue weighted by Gasteiger charge is -2.72. The van der Waals surface area contributed by atoms with Gasteiger partial charge in [-0.3, -0.25) is 19.3 Å². The van der Waals surface area contributed by atoms with Crippen LogP contribution in [0.25, 0.3) is 0 Å². The molecule has 6 rings (SSSR count). The van der Waals surface area contributed by atoms with Gasteiger partial charge in [-0.2, -0.15) is 0 Å². The highest BCUT2D eigenvalue weighted by atomic mass is 35.5. The van der Waals surface area contributed by atoms with E-state index in [4.69, 9.17) is 21.1 Å². The normalized spacial score (nSPS) is 34.2. The highest BCUT2D eigenvalue weighted by Gasteiger charge is 2.71. The van der Waals surface area contributed by atoms with Crippen molar-refractivity contribution >= 4 is 29.3 Å². The molecule has 1 aromatic carbocycles. The Bertz CT molecular complexity index is 1850. The van der Waals surface area contributed by atoms with Crippen molar-refractivity contribution in [2.24, 2.45) is 56.2 Å². The smallest absolute Gasteiger partial charge is 0.312 e. The third-order valence-electron chi connectivity index (χ3n) is 17.5. The summed E-state index contributed by atoms with van der Waals surface area (Å²) >= 11 is 6.26. The molecule has 9 heteroatoms. The number of ether oxygens (including phenoxy) is 2. The third kappa shape index (κ3) is 8.80. The molecule has 342 valence electrons. The van der Waals surface area contributed by atoms with Gasteiger partial charge in [-0.25, -0.2) is 0 Å². The molecule has 0 spiro atoms. The van der Waals surface area contributed by atoms with Gasteiger partial charge >= 0.3 is 11.9 Å². The number of Topliss-reactive ketones (excluding diaryl/α,β-unsaturated/α-hetero) is 1. The van der Waals surface area contributed by atoms with Crippen LogP contribution in [0.5, 0.6) is 0 Å². The van der Waals surface area contributed by atoms with Crippen molar-refractivity contribution in [2.45, 2.75) is 172 Å². The van der Waals surface area contributed by atoms with Gasteiger partial charge in [-0.1, -0.05) is 77.8 Å². The van der Waals surface area contributed by atoms with Crippen LogP contribution in [0.4, 0.5) is 0 Å². The monoisotopic (exact) mass is 865 g/mol. The molecule has 0 amide bonds. The average Bonchev–Trinajstić information content (AvgIpc) is 3.45. The van der Waals surface area contributed by atoms with E-state index in [1.807, 2.05) is 32.9 Å². The molecule has 0 aliphatic heterocycles. The molecule has 5 aliphatic carbocycles. The number of esters is 2. The fourth-order valence-electron chi connectivity index (χ4n) is 14.2. The Morgan fingerprint density at radius 1 is 0.869 bits per heavy atom. The number of rotatable bonds is 13. The van der Waals surface area contributed by atoms with Gasteiger partial charge < -0.3 is 19.5 Å². The maximum absolute atomic E-state index is 14.4. The van der Waals surface area contributed by atoms with E-state index in [9.17, 15) is 19.5 Å². The molecule has 0 heterocycles. The summed E-state index contributed by atoms with van der Waals surface area (Å²) in [4.78, 5) is 45.6. The summed E-state index contributed by atoms with van der Waals surface area (Å²) in [6.45, 7) is 28.7. The van der Waals surface area contributed by atoms with E-state index in [0.717, 1.165) is 75.6 Å². The molecule has 61 heavy (non-hydrogen) atoms. The molecular weight excluding hydrogens is 784 g/mol. The van der Waals surface area contributed by atoms with E-state index in [2.05, 4.69) is 84.5 Å². The van der Waals surface area contributed by atoms with Crippen molar-refractivity contribution < 1.29 is 29.0 Å². The number of carbonyl (C=O) groups excluding carboxylic acids is 3. The van der Waals surface area contributed by atoms with E-state index in [1.165, 1.54) is 5.57 Å². The zero-order valence-electron chi connectivity index (χ0n) is 40.4. The highest BCUT2D eigenvalue weighted by Crippen LogP contribution is 2.77. The van der Waals surface area contributed by atoms with Gasteiger partial charge in [0.25, 0.3) is 0 Å². The molecule has 4 fully saturated rings. The topological polar surface area (TPSA) is 96.4 Å². The van der Waals surface area contributed by atoms with Crippen molar-refractivity contribution in [1.82, 2.24) is 9.80 Å². The van der Waals surface area contributed by atoms with Crippen LogP contribution in [0.15, 0.2) is 35.4 Å². The predicted octanol–water partition coefficient (Wildman–Crippen LogP) is 10.7. The molecule has 0 aromatic heterocycles. The number of allylic oxidation sites excluding steroid dienone is 1. The van der Waals surface area contributed by atoms with Crippen molar-refractivity contribution in [3.63, 3.8) is 0 Å². The van der Waals surface area contributed by atoms with Crippen molar-refractivity contribution in [1.29, 1.82) is 0 Å². The van der Waals surface area contributed by atoms with E-state index >= 15 is 0 Å². The number of benzene rings is 1.